The van der Waals surface area contributed by atoms with E-state index in [1.54, 1.807) is 30.7 Å². The molecule has 11 heteroatoms. The van der Waals surface area contributed by atoms with Gasteiger partial charge in [0.05, 0.1) is 19.4 Å². The minimum absolute atomic E-state index is 0.0314. The lowest BCUT2D eigenvalue weighted by atomic mass is 9.97. The fraction of sp³-hybridized carbons (Fsp3) is 0.483. The molecule has 4 rings (SSSR count). The van der Waals surface area contributed by atoms with Crippen LogP contribution in [0.15, 0.2) is 60.7 Å². The zero-order chi connectivity index (χ0) is 28.5. The van der Waals surface area contributed by atoms with E-state index in [-0.39, 0.29) is 31.4 Å². The largest absolute Gasteiger partial charge is 0.445 e. The normalized spacial score (nSPS) is 19.8. The first-order valence-corrected chi connectivity index (χ1v) is 13.6. The Labute approximate surface area is 235 Å². The van der Waals surface area contributed by atoms with E-state index in [0.717, 1.165) is 11.1 Å². The van der Waals surface area contributed by atoms with Gasteiger partial charge in [0, 0.05) is 32.1 Å². The molecule has 2 aromatic rings. The molecule has 2 heterocycles. The van der Waals surface area contributed by atoms with Crippen molar-refractivity contribution in [3.05, 3.63) is 71.8 Å². The van der Waals surface area contributed by atoms with Gasteiger partial charge >= 0.3 is 12.2 Å². The number of rotatable bonds is 9. The number of hydrogen-bond acceptors (Lipinski definition) is 8. The van der Waals surface area contributed by atoms with Gasteiger partial charge in [0.2, 0.25) is 0 Å². The molecule has 0 bridgehead atoms. The van der Waals surface area contributed by atoms with Crippen molar-refractivity contribution < 1.29 is 28.6 Å². The molecular formula is C29H39N5O6. The SMILES string of the molecule is CC(C)(C)OC(=O)N[C@H](COCc1ccccc1)C(=O)NN1CC2CN(C(=O)OCc3ccccc3)CCNC21. The number of carbonyl (C=O) groups excluding carboxylic acids is 3. The van der Waals surface area contributed by atoms with Crippen molar-refractivity contribution in [3.8, 4) is 0 Å². The van der Waals surface area contributed by atoms with Crippen molar-refractivity contribution in [2.45, 2.75) is 51.8 Å². The van der Waals surface area contributed by atoms with Crippen LogP contribution in [0.4, 0.5) is 9.59 Å². The van der Waals surface area contributed by atoms with Crippen molar-refractivity contribution in [2.75, 3.05) is 32.8 Å². The van der Waals surface area contributed by atoms with Gasteiger partial charge in [-0.05, 0) is 31.9 Å². The minimum atomic E-state index is -0.965. The van der Waals surface area contributed by atoms with Crippen molar-refractivity contribution in [2.24, 2.45) is 5.92 Å². The molecular weight excluding hydrogens is 514 g/mol. The molecule has 2 aliphatic rings. The highest BCUT2D eigenvalue weighted by molar-refractivity contribution is 5.85. The van der Waals surface area contributed by atoms with Crippen LogP contribution in [-0.2, 0) is 32.2 Å². The molecule has 11 nitrogen and oxygen atoms in total. The Morgan fingerprint density at radius 1 is 0.975 bits per heavy atom. The summed E-state index contributed by atoms with van der Waals surface area (Å²) < 4.78 is 16.6. The highest BCUT2D eigenvalue weighted by atomic mass is 16.6. The first-order valence-electron chi connectivity index (χ1n) is 13.6. The second kappa shape index (κ2) is 13.6. The average Bonchev–Trinajstić information content (AvgIpc) is 3.08. The summed E-state index contributed by atoms with van der Waals surface area (Å²) >= 11 is 0. The maximum Gasteiger partial charge on any atom is 0.410 e. The van der Waals surface area contributed by atoms with Crippen LogP contribution in [0.2, 0.25) is 0 Å². The summed E-state index contributed by atoms with van der Waals surface area (Å²) in [5, 5.41) is 7.81. The molecule has 2 saturated heterocycles. The fourth-order valence-electron chi connectivity index (χ4n) is 4.55. The maximum atomic E-state index is 13.2. The molecule has 0 spiro atoms. The highest BCUT2D eigenvalue weighted by Crippen LogP contribution is 2.24. The lowest BCUT2D eigenvalue weighted by molar-refractivity contribution is -0.139. The van der Waals surface area contributed by atoms with E-state index in [0.29, 0.717) is 32.8 Å². The van der Waals surface area contributed by atoms with Gasteiger partial charge in [-0.1, -0.05) is 60.7 Å². The van der Waals surface area contributed by atoms with Crippen LogP contribution in [0.3, 0.4) is 0 Å². The predicted octanol–water partition coefficient (Wildman–Crippen LogP) is 2.63. The lowest BCUT2D eigenvalue weighted by Crippen LogP contribution is -2.70. The number of nitrogens with one attached hydrogen (secondary N) is 3. The number of nitrogens with zero attached hydrogens (tertiary/aromatic N) is 2. The van der Waals surface area contributed by atoms with E-state index in [9.17, 15) is 14.4 Å². The molecule has 2 fully saturated rings. The van der Waals surface area contributed by atoms with E-state index >= 15 is 0 Å². The standard InChI is InChI=1S/C29H39N5O6/c1-29(2,3)40-27(36)31-24(20-38-18-21-10-6-4-7-11-21)26(35)32-34-17-23-16-33(15-14-30-25(23)34)28(37)39-19-22-12-8-5-9-13-22/h4-13,23-25,30H,14-20H2,1-3H3,(H,31,36)(H,32,35)/t23?,24-,25?/m1/s1. The van der Waals surface area contributed by atoms with Gasteiger partial charge < -0.3 is 24.4 Å². The van der Waals surface area contributed by atoms with Gasteiger partial charge in [-0.15, -0.1) is 0 Å². The Morgan fingerprint density at radius 3 is 2.27 bits per heavy atom. The van der Waals surface area contributed by atoms with Crippen LogP contribution < -0.4 is 16.1 Å². The summed E-state index contributed by atoms with van der Waals surface area (Å²) in [6.07, 6.45) is -1.20. The monoisotopic (exact) mass is 553 g/mol. The first-order chi connectivity index (χ1) is 19.2. The molecule has 3 amide bonds. The average molecular weight is 554 g/mol. The van der Waals surface area contributed by atoms with Gasteiger partial charge in [0.25, 0.3) is 5.91 Å². The summed E-state index contributed by atoms with van der Waals surface area (Å²) in [5.74, 6) is -0.304. The van der Waals surface area contributed by atoms with E-state index < -0.39 is 23.6 Å². The summed E-state index contributed by atoms with van der Waals surface area (Å²) in [5.41, 5.74) is 4.08. The third kappa shape index (κ3) is 8.67. The second-order valence-electron chi connectivity index (χ2n) is 11.0. The van der Waals surface area contributed by atoms with E-state index in [2.05, 4.69) is 16.1 Å². The number of benzene rings is 2. The molecule has 0 radical (unpaired) electrons. The van der Waals surface area contributed by atoms with Crippen LogP contribution in [0, 0.1) is 5.92 Å². The topological polar surface area (TPSA) is 121 Å². The molecule has 0 saturated carbocycles. The number of hydrogen-bond donors (Lipinski definition) is 3. The van der Waals surface area contributed by atoms with Crippen molar-refractivity contribution in [1.82, 2.24) is 26.0 Å². The lowest BCUT2D eigenvalue weighted by Gasteiger charge is -2.47. The molecule has 3 atom stereocenters. The Hall–Kier alpha value is -3.67. The van der Waals surface area contributed by atoms with Crippen molar-refractivity contribution in [1.29, 1.82) is 0 Å². The zero-order valence-electron chi connectivity index (χ0n) is 23.3. The molecule has 40 heavy (non-hydrogen) atoms. The summed E-state index contributed by atoms with van der Waals surface area (Å²) in [6, 6.07) is 18.2. The second-order valence-corrected chi connectivity index (χ2v) is 11.0. The summed E-state index contributed by atoms with van der Waals surface area (Å²) in [7, 11) is 0. The van der Waals surface area contributed by atoms with E-state index in [1.165, 1.54) is 0 Å². The Morgan fingerprint density at radius 2 is 1.62 bits per heavy atom. The van der Waals surface area contributed by atoms with Crippen LogP contribution in [-0.4, -0.2) is 78.6 Å². The molecule has 2 aliphatic heterocycles. The molecule has 0 aromatic heterocycles. The minimum Gasteiger partial charge on any atom is -0.445 e. The van der Waals surface area contributed by atoms with Gasteiger partial charge in [-0.2, -0.15) is 0 Å². The quantitative estimate of drug-likeness (QED) is 0.434. The van der Waals surface area contributed by atoms with Gasteiger partial charge in [-0.25, -0.2) is 14.6 Å². The number of fused-ring (bicyclic) bond motifs is 1. The third-order valence-electron chi connectivity index (χ3n) is 6.52. The van der Waals surface area contributed by atoms with Crippen LogP contribution in [0.25, 0.3) is 0 Å². The number of ether oxygens (including phenoxy) is 3. The molecule has 0 aliphatic carbocycles. The van der Waals surface area contributed by atoms with E-state index in [1.807, 2.05) is 60.7 Å². The molecule has 216 valence electrons. The van der Waals surface area contributed by atoms with Crippen LogP contribution >= 0.6 is 0 Å². The zero-order valence-corrected chi connectivity index (χ0v) is 23.3. The Bertz CT molecular complexity index is 1130. The number of carbonyl (C=O) groups is 3. The Kier molecular flexibility index (Phi) is 9.97. The van der Waals surface area contributed by atoms with Crippen molar-refractivity contribution in [3.63, 3.8) is 0 Å². The van der Waals surface area contributed by atoms with Gasteiger partial charge in [-0.3, -0.25) is 15.5 Å². The van der Waals surface area contributed by atoms with Crippen LogP contribution in [0.5, 0.6) is 0 Å². The molecule has 3 N–H and O–H groups in total. The summed E-state index contributed by atoms with van der Waals surface area (Å²) in [4.78, 5) is 40.1. The van der Waals surface area contributed by atoms with E-state index in [4.69, 9.17) is 14.2 Å². The predicted molar refractivity (Wildman–Crippen MR) is 148 cm³/mol. The molecule has 2 aromatic carbocycles. The maximum absolute atomic E-state index is 13.2. The molecule has 2 unspecified atom stereocenters. The first kappa shape index (κ1) is 29.3. The Balaban J connectivity index is 1.29. The fourth-order valence-corrected chi connectivity index (χ4v) is 4.55. The van der Waals surface area contributed by atoms with Gasteiger partial charge in [0.1, 0.15) is 18.2 Å². The highest BCUT2D eigenvalue weighted by Gasteiger charge is 2.43. The van der Waals surface area contributed by atoms with Gasteiger partial charge in [0.15, 0.2) is 0 Å². The smallest absolute Gasteiger partial charge is 0.410 e. The number of alkyl carbamates (subject to hydrolysis) is 1. The third-order valence-corrected chi connectivity index (χ3v) is 6.52. The van der Waals surface area contributed by atoms with Crippen LogP contribution in [0.1, 0.15) is 31.9 Å². The summed E-state index contributed by atoms with van der Waals surface area (Å²) in [6.45, 7) is 7.85. The number of amides is 3. The number of hydrazine groups is 1. The van der Waals surface area contributed by atoms with Crippen molar-refractivity contribution >= 4 is 18.1 Å².